The monoisotopic (exact) mass is 351 g/mol. The van der Waals surface area contributed by atoms with E-state index in [-0.39, 0.29) is 5.56 Å². The Morgan fingerprint density at radius 1 is 1.12 bits per heavy atom. The minimum absolute atomic E-state index is 0.367. The zero-order valence-electron chi connectivity index (χ0n) is 12.2. The van der Waals surface area contributed by atoms with E-state index in [0.717, 1.165) is 6.07 Å². The molecular weight excluding hydrogens is 342 g/mol. The van der Waals surface area contributed by atoms with Crippen molar-refractivity contribution in [3.8, 4) is 5.75 Å². The van der Waals surface area contributed by atoms with Crippen LogP contribution >= 0.6 is 11.6 Å². The van der Waals surface area contributed by atoms with Crippen LogP contribution in [0.2, 0.25) is 5.02 Å². The Kier molecular flexibility index (Phi) is 4.95. The first-order valence-electron chi connectivity index (χ1n) is 6.41. The summed E-state index contributed by atoms with van der Waals surface area (Å²) in [7, 11) is 1.48. The number of non-ortho nitro benzene ring substituents is 1. The first-order chi connectivity index (χ1) is 11.3. The van der Waals surface area contributed by atoms with Gasteiger partial charge in [0.15, 0.2) is 0 Å². The van der Waals surface area contributed by atoms with Gasteiger partial charge in [0.05, 0.1) is 28.6 Å². The van der Waals surface area contributed by atoms with Crippen LogP contribution in [0.1, 0.15) is 10.4 Å². The van der Waals surface area contributed by atoms with Crippen LogP contribution in [0.15, 0.2) is 36.4 Å². The van der Waals surface area contributed by atoms with Crippen LogP contribution in [-0.4, -0.2) is 22.9 Å². The van der Waals surface area contributed by atoms with Gasteiger partial charge in [-0.15, -0.1) is 0 Å². The van der Waals surface area contributed by atoms with Crippen molar-refractivity contribution in [3.05, 3.63) is 67.2 Å². The molecule has 2 rings (SSSR count). The third kappa shape index (κ3) is 3.58. The molecule has 2 aromatic rings. The number of nitrogens with zero attached hydrogens (tertiary/aromatic N) is 2. The number of nitrogens with one attached hydrogen (secondary N) is 1. The highest BCUT2D eigenvalue weighted by Gasteiger charge is 2.26. The molecule has 0 unspecified atom stereocenters. The van der Waals surface area contributed by atoms with Crippen LogP contribution in [-0.2, 0) is 0 Å². The van der Waals surface area contributed by atoms with Crippen molar-refractivity contribution >= 4 is 34.6 Å². The van der Waals surface area contributed by atoms with Gasteiger partial charge in [0.2, 0.25) is 0 Å². The quantitative estimate of drug-likeness (QED) is 0.650. The zero-order valence-corrected chi connectivity index (χ0v) is 12.9. The van der Waals surface area contributed by atoms with E-state index in [0.29, 0.717) is 17.5 Å². The Balaban J connectivity index is 2.40. The lowest BCUT2D eigenvalue weighted by Gasteiger charge is -2.08. The summed E-state index contributed by atoms with van der Waals surface area (Å²) in [4.78, 5) is 32.4. The van der Waals surface area contributed by atoms with Crippen molar-refractivity contribution in [2.24, 2.45) is 0 Å². The van der Waals surface area contributed by atoms with E-state index < -0.39 is 32.2 Å². The normalized spacial score (nSPS) is 10.1. The van der Waals surface area contributed by atoms with Gasteiger partial charge >= 0.3 is 0 Å². The molecule has 0 radical (unpaired) electrons. The summed E-state index contributed by atoms with van der Waals surface area (Å²) in [5, 5.41) is 23.8. The number of carbonyl (C=O) groups is 1. The molecule has 0 saturated heterocycles. The molecule has 0 aliphatic heterocycles. The van der Waals surface area contributed by atoms with Crippen molar-refractivity contribution < 1.29 is 19.4 Å². The molecule has 9 nitrogen and oxygen atoms in total. The second kappa shape index (κ2) is 6.92. The number of nitro benzene ring substituents is 2. The molecule has 0 spiro atoms. The highest BCUT2D eigenvalue weighted by Crippen LogP contribution is 2.33. The molecule has 10 heteroatoms. The van der Waals surface area contributed by atoms with Gasteiger partial charge in [0.25, 0.3) is 17.3 Å². The maximum Gasteiger partial charge on any atom is 0.295 e. The van der Waals surface area contributed by atoms with Crippen LogP contribution in [0.3, 0.4) is 0 Å². The Hall–Kier alpha value is -3.20. The molecule has 0 aromatic heterocycles. The van der Waals surface area contributed by atoms with Gasteiger partial charge in [0, 0.05) is 11.8 Å². The van der Waals surface area contributed by atoms with Gasteiger partial charge in [-0.25, -0.2) is 0 Å². The van der Waals surface area contributed by atoms with Gasteiger partial charge in [-0.05, 0) is 24.3 Å². The Morgan fingerprint density at radius 3 is 2.25 bits per heavy atom. The number of halogens is 1. The smallest absolute Gasteiger partial charge is 0.295 e. The lowest BCUT2D eigenvalue weighted by molar-refractivity contribution is -0.394. The minimum Gasteiger partial charge on any atom is -0.497 e. The predicted molar refractivity (Wildman–Crippen MR) is 85.7 cm³/mol. The number of nitro groups is 2. The molecule has 0 atom stereocenters. The molecular formula is C14H10ClN3O6. The molecule has 24 heavy (non-hydrogen) atoms. The topological polar surface area (TPSA) is 125 Å². The fraction of sp³-hybridized carbons (Fsp3) is 0.0714. The third-order valence-electron chi connectivity index (χ3n) is 3.04. The minimum atomic E-state index is -0.889. The van der Waals surface area contributed by atoms with Crippen LogP contribution in [0.25, 0.3) is 0 Å². The lowest BCUT2D eigenvalue weighted by Crippen LogP contribution is -2.13. The van der Waals surface area contributed by atoms with E-state index in [4.69, 9.17) is 16.3 Å². The molecule has 0 fully saturated rings. The van der Waals surface area contributed by atoms with Crippen molar-refractivity contribution in [1.82, 2.24) is 0 Å². The van der Waals surface area contributed by atoms with E-state index >= 15 is 0 Å². The molecule has 1 N–H and O–H groups in total. The SMILES string of the molecule is COc1ccc(NC(=O)c2cc([N+](=O)[O-])cc([N+](=O)[O-])c2Cl)cc1. The fourth-order valence-electron chi connectivity index (χ4n) is 1.87. The third-order valence-corrected chi connectivity index (χ3v) is 3.44. The maximum atomic E-state index is 12.3. The second-order valence-corrected chi connectivity index (χ2v) is 4.90. The summed E-state index contributed by atoms with van der Waals surface area (Å²) in [6, 6.07) is 7.84. The summed E-state index contributed by atoms with van der Waals surface area (Å²) in [5.74, 6) is -0.242. The van der Waals surface area contributed by atoms with Gasteiger partial charge in [-0.1, -0.05) is 11.6 Å². The van der Waals surface area contributed by atoms with Gasteiger partial charge in [0.1, 0.15) is 10.8 Å². The number of benzene rings is 2. The summed E-state index contributed by atoms with van der Waals surface area (Å²) in [5.41, 5.74) is -1.32. The van der Waals surface area contributed by atoms with Crippen LogP contribution < -0.4 is 10.1 Å². The molecule has 0 saturated carbocycles. The largest absolute Gasteiger partial charge is 0.497 e. The lowest BCUT2D eigenvalue weighted by atomic mass is 10.1. The molecule has 2 aromatic carbocycles. The molecule has 124 valence electrons. The molecule has 1 amide bonds. The number of hydrogen-bond acceptors (Lipinski definition) is 6. The summed E-state index contributed by atoms with van der Waals surface area (Å²) in [6.07, 6.45) is 0. The van der Waals surface area contributed by atoms with Crippen molar-refractivity contribution in [3.63, 3.8) is 0 Å². The predicted octanol–water partition coefficient (Wildman–Crippen LogP) is 3.42. The van der Waals surface area contributed by atoms with Gasteiger partial charge in [-0.3, -0.25) is 25.0 Å². The molecule has 0 bridgehead atoms. The Morgan fingerprint density at radius 2 is 1.75 bits per heavy atom. The number of ether oxygens (including phenoxy) is 1. The number of rotatable bonds is 5. The number of amides is 1. The van der Waals surface area contributed by atoms with E-state index in [1.807, 2.05) is 0 Å². The highest BCUT2D eigenvalue weighted by molar-refractivity contribution is 6.36. The molecule has 0 heterocycles. The molecule has 0 aliphatic rings. The zero-order chi connectivity index (χ0) is 17.9. The average Bonchev–Trinajstić information content (AvgIpc) is 2.55. The van der Waals surface area contributed by atoms with E-state index in [2.05, 4.69) is 5.32 Å². The van der Waals surface area contributed by atoms with Crippen LogP contribution in [0, 0.1) is 20.2 Å². The number of methoxy groups -OCH3 is 1. The summed E-state index contributed by atoms with van der Waals surface area (Å²) in [6.45, 7) is 0. The van der Waals surface area contributed by atoms with Crippen LogP contribution in [0.5, 0.6) is 5.75 Å². The number of carbonyl (C=O) groups excluding carboxylic acids is 1. The molecule has 0 aliphatic carbocycles. The number of hydrogen-bond donors (Lipinski definition) is 1. The van der Waals surface area contributed by atoms with Crippen molar-refractivity contribution in [2.45, 2.75) is 0 Å². The summed E-state index contributed by atoms with van der Waals surface area (Å²) >= 11 is 5.84. The fourth-order valence-corrected chi connectivity index (χ4v) is 2.13. The Bertz CT molecular complexity index is 822. The summed E-state index contributed by atoms with van der Waals surface area (Å²) < 4.78 is 4.98. The van der Waals surface area contributed by atoms with Crippen molar-refractivity contribution in [2.75, 3.05) is 12.4 Å². The average molecular weight is 352 g/mol. The van der Waals surface area contributed by atoms with E-state index in [1.54, 1.807) is 12.1 Å². The first kappa shape index (κ1) is 17.2. The highest BCUT2D eigenvalue weighted by atomic mass is 35.5. The first-order valence-corrected chi connectivity index (χ1v) is 6.79. The maximum absolute atomic E-state index is 12.3. The van der Waals surface area contributed by atoms with Gasteiger partial charge in [-0.2, -0.15) is 0 Å². The second-order valence-electron chi connectivity index (χ2n) is 4.52. The number of anilines is 1. The van der Waals surface area contributed by atoms with E-state index in [1.165, 1.54) is 19.2 Å². The Labute approximate surface area is 140 Å². The van der Waals surface area contributed by atoms with Crippen LogP contribution in [0.4, 0.5) is 17.1 Å². The standard InChI is InChI=1S/C14H10ClN3O6/c1-24-10-4-2-8(3-5-10)16-14(19)11-6-9(17(20)21)7-12(13(11)15)18(22)23/h2-7H,1H3,(H,16,19). The van der Waals surface area contributed by atoms with Crippen molar-refractivity contribution in [1.29, 1.82) is 0 Å². The van der Waals surface area contributed by atoms with Gasteiger partial charge < -0.3 is 10.1 Å². The van der Waals surface area contributed by atoms with E-state index in [9.17, 15) is 25.0 Å².